The smallest absolute Gasteiger partial charge is 0.311 e. The van der Waals surface area contributed by atoms with Gasteiger partial charge in [0.15, 0.2) is 10.1 Å². The van der Waals surface area contributed by atoms with Crippen LogP contribution in [0.2, 0.25) is 0 Å². The second kappa shape index (κ2) is 9.44. The van der Waals surface area contributed by atoms with Gasteiger partial charge in [-0.3, -0.25) is 14.4 Å². The number of hydrogen-bond donors (Lipinski definition) is 1. The number of aromatic nitrogens is 1. The number of Topliss-reactive ketones (excluding diaryl/α,β-unsaturated/α-hetero) is 1. The number of esters is 1. The number of thiazole rings is 1. The molecular weight excluding hydrogens is 379 g/mol. The fraction of sp³-hybridized carbons (Fsp3) is 0.294. The maximum Gasteiger partial charge on any atom is 0.311 e. The quantitative estimate of drug-likeness (QED) is 0.419. The number of hydrogen-bond acceptors (Lipinski definition) is 7. The van der Waals surface area contributed by atoms with E-state index in [1.165, 1.54) is 42.2 Å². The van der Waals surface area contributed by atoms with Gasteiger partial charge in [0, 0.05) is 18.0 Å². The summed E-state index contributed by atoms with van der Waals surface area (Å²) < 4.78 is 19.5. The van der Waals surface area contributed by atoms with E-state index in [9.17, 15) is 18.8 Å². The van der Waals surface area contributed by atoms with E-state index in [4.69, 9.17) is 4.74 Å². The van der Waals surface area contributed by atoms with Gasteiger partial charge in [-0.1, -0.05) is 11.8 Å². The minimum Gasteiger partial charge on any atom is -0.466 e. The average molecular weight is 396 g/mol. The largest absolute Gasteiger partial charge is 0.466 e. The van der Waals surface area contributed by atoms with E-state index in [1.807, 2.05) is 0 Å². The van der Waals surface area contributed by atoms with Crippen LogP contribution in [0.1, 0.15) is 29.9 Å². The van der Waals surface area contributed by atoms with Gasteiger partial charge in [0.1, 0.15) is 5.82 Å². The van der Waals surface area contributed by atoms with Crippen molar-refractivity contribution < 1.29 is 23.5 Å². The number of benzene rings is 1. The van der Waals surface area contributed by atoms with Crippen molar-refractivity contribution in [2.75, 3.05) is 17.7 Å². The Bertz CT molecular complexity index is 823. The Morgan fingerprint density at radius 1 is 1.35 bits per heavy atom. The zero-order valence-electron chi connectivity index (χ0n) is 14.2. The second-order valence-corrected chi connectivity index (χ2v) is 7.25. The van der Waals surface area contributed by atoms with E-state index in [0.717, 1.165) is 6.07 Å². The van der Waals surface area contributed by atoms with Crippen molar-refractivity contribution in [3.8, 4) is 0 Å². The highest BCUT2D eigenvalue weighted by molar-refractivity contribution is 8.01. The molecule has 1 N–H and O–H groups in total. The Morgan fingerprint density at radius 3 is 2.77 bits per heavy atom. The summed E-state index contributed by atoms with van der Waals surface area (Å²) in [5.74, 6) is -1.73. The fourth-order valence-corrected chi connectivity index (χ4v) is 3.75. The number of rotatable bonds is 8. The number of nitrogens with one attached hydrogen (secondary N) is 1. The van der Waals surface area contributed by atoms with Crippen LogP contribution < -0.4 is 5.32 Å². The first kappa shape index (κ1) is 20.1. The van der Waals surface area contributed by atoms with Gasteiger partial charge < -0.3 is 10.1 Å². The summed E-state index contributed by atoms with van der Waals surface area (Å²) in [6.45, 7) is 3.36. The molecule has 0 saturated heterocycles. The first-order valence-electron chi connectivity index (χ1n) is 7.72. The minimum atomic E-state index is -0.691. The number of ketones is 1. The van der Waals surface area contributed by atoms with Crippen molar-refractivity contribution in [3.05, 3.63) is 40.7 Å². The van der Waals surface area contributed by atoms with Crippen LogP contribution in [-0.2, 0) is 20.7 Å². The van der Waals surface area contributed by atoms with Gasteiger partial charge in [-0.25, -0.2) is 9.37 Å². The number of thioether (sulfide) groups is 1. The molecule has 1 aromatic heterocycles. The highest BCUT2D eigenvalue weighted by Crippen LogP contribution is 2.25. The van der Waals surface area contributed by atoms with Gasteiger partial charge in [-0.2, -0.15) is 0 Å². The highest BCUT2D eigenvalue weighted by atomic mass is 32.2. The molecule has 9 heteroatoms. The zero-order chi connectivity index (χ0) is 19.1. The molecule has 0 atom stereocenters. The predicted molar refractivity (Wildman–Crippen MR) is 98.2 cm³/mol. The first-order chi connectivity index (χ1) is 12.4. The number of nitrogens with zero attached hydrogens (tertiary/aromatic N) is 1. The van der Waals surface area contributed by atoms with E-state index in [0.29, 0.717) is 22.3 Å². The third kappa shape index (κ3) is 5.92. The molecule has 138 valence electrons. The van der Waals surface area contributed by atoms with E-state index in [-0.39, 0.29) is 35.4 Å². The fourth-order valence-electron chi connectivity index (χ4n) is 2.02. The summed E-state index contributed by atoms with van der Waals surface area (Å²) in [6, 6.07) is 3.93. The second-order valence-electron chi connectivity index (χ2n) is 5.17. The summed E-state index contributed by atoms with van der Waals surface area (Å²) in [4.78, 5) is 38.8. The molecule has 0 unspecified atom stereocenters. The standard InChI is InChI=1S/C17H17FN2O4S2/c1-3-24-16(23)7-12-8-25-17(20-12)26-9-15(22)13-5-4-11(6-14(13)18)19-10(2)21/h4-6,8H,3,7,9H2,1-2H3,(H,19,21). The number of carbonyl (C=O) groups is 3. The molecule has 2 aromatic rings. The Hall–Kier alpha value is -2.26. The van der Waals surface area contributed by atoms with Crippen molar-refractivity contribution in [1.82, 2.24) is 4.98 Å². The third-order valence-electron chi connectivity index (χ3n) is 3.08. The Morgan fingerprint density at radius 2 is 2.12 bits per heavy atom. The normalized spacial score (nSPS) is 10.4. The number of halogens is 1. The van der Waals surface area contributed by atoms with Crippen LogP contribution in [0.4, 0.5) is 10.1 Å². The molecule has 2 rings (SSSR count). The zero-order valence-corrected chi connectivity index (χ0v) is 15.8. The molecule has 0 aliphatic rings. The van der Waals surface area contributed by atoms with Crippen LogP contribution in [0.3, 0.4) is 0 Å². The van der Waals surface area contributed by atoms with Crippen LogP contribution in [0.5, 0.6) is 0 Å². The molecule has 0 saturated carbocycles. The van der Waals surface area contributed by atoms with E-state index in [1.54, 1.807) is 12.3 Å². The summed E-state index contributed by atoms with van der Waals surface area (Å²) in [7, 11) is 0. The molecule has 0 aliphatic heterocycles. The Kier molecular flexibility index (Phi) is 7.28. The van der Waals surface area contributed by atoms with Gasteiger partial charge >= 0.3 is 5.97 Å². The average Bonchev–Trinajstić information content (AvgIpc) is 2.99. The van der Waals surface area contributed by atoms with Crippen molar-refractivity contribution in [1.29, 1.82) is 0 Å². The van der Waals surface area contributed by atoms with Crippen molar-refractivity contribution >= 4 is 46.4 Å². The van der Waals surface area contributed by atoms with Crippen molar-refractivity contribution in [3.63, 3.8) is 0 Å². The number of amides is 1. The number of anilines is 1. The van der Waals surface area contributed by atoms with Crippen LogP contribution in [0, 0.1) is 5.82 Å². The third-order valence-corrected chi connectivity index (χ3v) is 5.15. The molecular formula is C17H17FN2O4S2. The van der Waals surface area contributed by atoms with Gasteiger partial charge in [-0.15, -0.1) is 11.3 Å². The lowest BCUT2D eigenvalue weighted by atomic mass is 10.1. The molecule has 6 nitrogen and oxygen atoms in total. The van der Waals surface area contributed by atoms with Gasteiger partial charge in [0.2, 0.25) is 5.91 Å². The van der Waals surface area contributed by atoms with Gasteiger partial charge in [-0.05, 0) is 25.1 Å². The first-order valence-corrected chi connectivity index (χ1v) is 9.58. The van der Waals surface area contributed by atoms with Crippen LogP contribution in [0.25, 0.3) is 0 Å². The van der Waals surface area contributed by atoms with E-state index in [2.05, 4.69) is 10.3 Å². The molecule has 1 amide bonds. The summed E-state index contributed by atoms with van der Waals surface area (Å²) in [5.41, 5.74) is 0.826. The predicted octanol–water partition coefficient (Wildman–Crippen LogP) is 3.32. The van der Waals surface area contributed by atoms with Gasteiger partial charge in [0.05, 0.1) is 30.0 Å². The summed E-state index contributed by atoms with van der Waals surface area (Å²) >= 11 is 2.49. The number of carbonyl (C=O) groups excluding carboxylic acids is 3. The van der Waals surface area contributed by atoms with E-state index < -0.39 is 5.82 Å². The molecule has 1 heterocycles. The lowest BCUT2D eigenvalue weighted by molar-refractivity contribution is -0.142. The Balaban J connectivity index is 1.93. The van der Waals surface area contributed by atoms with Crippen molar-refractivity contribution in [2.24, 2.45) is 0 Å². The molecule has 1 aromatic carbocycles. The van der Waals surface area contributed by atoms with Crippen LogP contribution in [-0.4, -0.2) is 35.0 Å². The van der Waals surface area contributed by atoms with Crippen molar-refractivity contribution in [2.45, 2.75) is 24.6 Å². The molecule has 26 heavy (non-hydrogen) atoms. The lowest BCUT2D eigenvalue weighted by Gasteiger charge is -2.05. The van der Waals surface area contributed by atoms with Crippen LogP contribution in [0.15, 0.2) is 27.9 Å². The maximum absolute atomic E-state index is 14.1. The summed E-state index contributed by atoms with van der Waals surface area (Å²) in [5, 5.41) is 4.18. The number of ether oxygens (including phenoxy) is 1. The molecule has 0 bridgehead atoms. The monoisotopic (exact) mass is 396 g/mol. The molecule has 0 spiro atoms. The molecule has 0 fully saturated rings. The summed E-state index contributed by atoms with van der Waals surface area (Å²) in [6.07, 6.45) is 0.0814. The topological polar surface area (TPSA) is 85.4 Å². The SMILES string of the molecule is CCOC(=O)Cc1csc(SCC(=O)c2ccc(NC(C)=O)cc2F)n1. The van der Waals surface area contributed by atoms with Crippen LogP contribution >= 0.6 is 23.1 Å². The Labute approximate surface area is 158 Å². The molecule has 0 radical (unpaired) electrons. The maximum atomic E-state index is 14.1. The minimum absolute atomic E-state index is 0.0166. The highest BCUT2D eigenvalue weighted by Gasteiger charge is 2.15. The van der Waals surface area contributed by atoms with Gasteiger partial charge in [0.25, 0.3) is 0 Å². The lowest BCUT2D eigenvalue weighted by Crippen LogP contribution is -2.09. The van der Waals surface area contributed by atoms with E-state index >= 15 is 0 Å². The molecule has 0 aliphatic carbocycles.